The molecule has 15 rings (SSSR count). The van der Waals surface area contributed by atoms with Crippen LogP contribution >= 0.6 is 0 Å². The summed E-state index contributed by atoms with van der Waals surface area (Å²) >= 11 is 0. The molecule has 0 bridgehead atoms. The minimum absolute atomic E-state index is 0.112. The first kappa shape index (κ1) is 55.7. The van der Waals surface area contributed by atoms with E-state index in [1.165, 1.54) is 0 Å². The summed E-state index contributed by atoms with van der Waals surface area (Å²) in [5.74, 6) is 3.05. The smallest absolute Gasteiger partial charge is 0.190 e. The van der Waals surface area contributed by atoms with E-state index in [0.717, 1.165) is 236 Å². The summed E-state index contributed by atoms with van der Waals surface area (Å²) in [5.41, 5.74) is 10.3. The summed E-state index contributed by atoms with van der Waals surface area (Å²) in [6.45, 7) is 13.2. The molecule has 440 valence electrons. The molecule has 0 aliphatic rings. The molecular weight excluding hydrogens is 1080 g/mol. The molecule has 0 radical (unpaired) electrons. The largest absolute Gasteiger partial charge is 0.456 e. The highest BCUT2D eigenvalue weighted by Gasteiger charge is 2.30. The number of rotatable bonds is 22. The van der Waals surface area contributed by atoms with Crippen molar-refractivity contribution in [1.82, 2.24) is 8.80 Å². The Bertz CT molecular complexity index is 5090. The Kier molecular flexibility index (Phi) is 14.0. The highest BCUT2D eigenvalue weighted by atomic mass is 16.5. The van der Waals surface area contributed by atoms with Crippen molar-refractivity contribution in [2.75, 3.05) is 0 Å². The van der Waals surface area contributed by atoms with Crippen LogP contribution in [0, 0.1) is 0 Å². The van der Waals surface area contributed by atoms with Crippen LogP contribution in [0.15, 0.2) is 141 Å². The van der Waals surface area contributed by atoms with Crippen molar-refractivity contribution in [2.24, 2.45) is 0 Å². The average molecular weight is 1160 g/mol. The van der Waals surface area contributed by atoms with Crippen LogP contribution in [-0.4, -0.2) is 8.80 Å². The van der Waals surface area contributed by atoms with Crippen molar-refractivity contribution < 1.29 is 9.47 Å². The van der Waals surface area contributed by atoms with Gasteiger partial charge < -0.3 is 18.3 Å². The number of unbranched alkanes of at least 4 members (excludes halogenated alkanes) is 6. The third kappa shape index (κ3) is 8.51. The molecule has 9 aromatic carbocycles. The highest BCUT2D eigenvalue weighted by Crippen LogP contribution is 2.55. The van der Waals surface area contributed by atoms with E-state index in [4.69, 9.17) is 9.47 Å². The zero-order valence-electron chi connectivity index (χ0n) is 51.6. The lowest BCUT2D eigenvalue weighted by Gasteiger charge is -2.26. The van der Waals surface area contributed by atoms with Gasteiger partial charge in [-0.3, -0.25) is 19.2 Å². The molecule has 0 spiro atoms. The van der Waals surface area contributed by atoms with E-state index >= 15 is 9.59 Å². The van der Waals surface area contributed by atoms with Crippen molar-refractivity contribution >= 4 is 119 Å². The Morgan fingerprint density at radius 3 is 0.909 bits per heavy atom. The van der Waals surface area contributed by atoms with Gasteiger partial charge in [-0.15, -0.1) is 0 Å². The number of aryl methyl sites for hydroxylation is 6. The van der Waals surface area contributed by atoms with Gasteiger partial charge in [0.15, 0.2) is 21.7 Å². The van der Waals surface area contributed by atoms with Crippen LogP contribution < -0.4 is 31.2 Å². The molecule has 8 nitrogen and oxygen atoms in total. The third-order valence-electron chi connectivity index (χ3n) is 19.6. The van der Waals surface area contributed by atoms with E-state index in [2.05, 4.69) is 123 Å². The van der Waals surface area contributed by atoms with Crippen LogP contribution in [0.2, 0.25) is 0 Å². The number of para-hydroxylation sites is 2. The Hall–Kier alpha value is -8.88. The molecule has 0 saturated heterocycles. The van der Waals surface area contributed by atoms with Gasteiger partial charge in [0, 0.05) is 99.7 Å². The zero-order valence-corrected chi connectivity index (χ0v) is 51.6. The maximum atomic E-state index is 15.0. The number of fused-ring (bicyclic) bond motifs is 6. The first-order valence-corrected chi connectivity index (χ1v) is 32.9. The predicted octanol–water partition coefficient (Wildman–Crippen LogP) is 20.0. The van der Waals surface area contributed by atoms with Gasteiger partial charge in [-0.25, -0.2) is 0 Å². The number of pyridine rings is 6. The Morgan fingerprint density at radius 2 is 0.591 bits per heavy atom. The molecule has 8 heteroatoms. The lowest BCUT2D eigenvalue weighted by atomic mass is 9.84. The minimum Gasteiger partial charge on any atom is -0.456 e. The van der Waals surface area contributed by atoms with Crippen molar-refractivity contribution in [3.05, 3.63) is 196 Å². The summed E-state index contributed by atoms with van der Waals surface area (Å²) < 4.78 is 20.0. The standard InChI is InChI=1S/C80H74N2O6/c1-7-13-21-45-35-57-65(83)41-61-51-31-33-53-74-70(88-80-49(25-17-11-5)29-20-30-50(80)26-18-12-6)40-56-64-44-68(86)60-38-46(22-14-8-2)36-58-66(84)42-62(82(64)78(58)60)52-32-34-54(76(74)72(52)56)73-69(87-79-47(23-15-9-3)27-19-28-48(79)24-16-10-4)39-55(71(51)75(53)73)63-43-67(85)59(37-45)77(57)81(61)63/h19-20,27-44H,7-18,21-26H2,1-6H3. The number of nitrogens with zero attached hydrogens (tertiary/aromatic N) is 2. The van der Waals surface area contributed by atoms with Crippen molar-refractivity contribution in [3.63, 3.8) is 0 Å². The quantitative estimate of drug-likeness (QED) is 0.0496. The number of ether oxygens (including phenoxy) is 2. The summed E-state index contributed by atoms with van der Waals surface area (Å²) in [6.07, 6.45) is 17.0. The van der Waals surface area contributed by atoms with Gasteiger partial charge in [0.1, 0.15) is 23.0 Å². The van der Waals surface area contributed by atoms with E-state index < -0.39 is 0 Å². The molecule has 6 heterocycles. The molecule has 0 aliphatic carbocycles. The molecule has 0 atom stereocenters. The predicted molar refractivity (Wildman–Crippen MR) is 369 cm³/mol. The molecule has 0 unspecified atom stereocenters. The normalized spacial score (nSPS) is 12.5. The lowest BCUT2D eigenvalue weighted by molar-refractivity contribution is 0.473. The first-order chi connectivity index (χ1) is 43.1. The molecule has 0 amide bonds. The minimum atomic E-state index is -0.124. The van der Waals surface area contributed by atoms with E-state index in [9.17, 15) is 9.59 Å². The summed E-state index contributed by atoms with van der Waals surface area (Å²) in [7, 11) is 0. The lowest BCUT2D eigenvalue weighted by Crippen LogP contribution is -2.14. The van der Waals surface area contributed by atoms with Crippen molar-refractivity contribution in [3.8, 4) is 23.0 Å². The second-order valence-corrected chi connectivity index (χ2v) is 25.4. The zero-order chi connectivity index (χ0) is 60.2. The molecule has 6 aromatic heterocycles. The van der Waals surface area contributed by atoms with E-state index in [1.807, 2.05) is 24.3 Å². The summed E-state index contributed by atoms with van der Waals surface area (Å²) in [4.78, 5) is 59.7. The van der Waals surface area contributed by atoms with E-state index in [0.29, 0.717) is 55.1 Å². The molecule has 15 aromatic rings. The van der Waals surface area contributed by atoms with Gasteiger partial charge in [0.05, 0.1) is 33.1 Å². The number of hydrogen-bond acceptors (Lipinski definition) is 6. The Balaban J connectivity index is 1.16. The van der Waals surface area contributed by atoms with Crippen molar-refractivity contribution in [1.29, 1.82) is 0 Å². The Morgan fingerprint density at radius 1 is 0.295 bits per heavy atom. The van der Waals surface area contributed by atoms with Crippen LogP contribution in [0.4, 0.5) is 0 Å². The molecule has 0 fully saturated rings. The number of benzene rings is 9. The van der Waals surface area contributed by atoms with Gasteiger partial charge in [-0.05, 0) is 158 Å². The fraction of sp³-hybridized carbons (Fsp3) is 0.300. The van der Waals surface area contributed by atoms with E-state index in [1.54, 1.807) is 24.3 Å². The molecule has 88 heavy (non-hydrogen) atoms. The first-order valence-electron chi connectivity index (χ1n) is 32.9. The maximum Gasteiger partial charge on any atom is 0.190 e. The van der Waals surface area contributed by atoms with Gasteiger partial charge in [0.25, 0.3) is 0 Å². The van der Waals surface area contributed by atoms with Crippen LogP contribution in [0.1, 0.15) is 152 Å². The fourth-order valence-corrected chi connectivity index (χ4v) is 15.3. The molecule has 0 aliphatic heterocycles. The van der Waals surface area contributed by atoms with E-state index in [-0.39, 0.29) is 21.7 Å². The topological polar surface area (TPSA) is 95.6 Å². The van der Waals surface area contributed by atoms with Crippen LogP contribution in [0.5, 0.6) is 23.0 Å². The van der Waals surface area contributed by atoms with Crippen LogP contribution in [0.25, 0.3) is 119 Å². The summed E-state index contributed by atoms with van der Waals surface area (Å²) in [5, 5.41) is 13.1. The molecule has 0 saturated carbocycles. The second-order valence-electron chi connectivity index (χ2n) is 25.4. The van der Waals surface area contributed by atoms with Gasteiger partial charge >= 0.3 is 0 Å². The SMILES string of the molecule is CCCCc1cc2c(=O)cc3c4ccc5c6c(Oc7c(CCCC)cccc7CCCC)cc7c8c(ccc(c9c(Oc%10c(CCCC)cccc%10CCCC)cc(c4c59)c4cc(=O)c(c1)c2n34)c68)c1cc(=O)c2cc(CCCC)cc3c(=O)cc7n1c23. The van der Waals surface area contributed by atoms with Crippen molar-refractivity contribution in [2.45, 2.75) is 157 Å². The number of hydrogen-bond donors (Lipinski definition) is 0. The number of aromatic nitrogens is 2. The monoisotopic (exact) mass is 1160 g/mol. The fourth-order valence-electron chi connectivity index (χ4n) is 15.3. The average Bonchev–Trinajstić information content (AvgIpc) is 0.679. The van der Waals surface area contributed by atoms with Crippen LogP contribution in [0.3, 0.4) is 0 Å². The molecule has 0 N–H and O–H groups in total. The second kappa shape index (κ2) is 22.1. The maximum absolute atomic E-state index is 15.0. The summed E-state index contributed by atoms with van der Waals surface area (Å²) in [6, 6.07) is 41.6. The highest BCUT2D eigenvalue weighted by molar-refractivity contribution is 6.44. The van der Waals surface area contributed by atoms with Gasteiger partial charge in [-0.2, -0.15) is 0 Å². The van der Waals surface area contributed by atoms with Gasteiger partial charge in [0.2, 0.25) is 0 Å². The van der Waals surface area contributed by atoms with Gasteiger partial charge in [-0.1, -0.05) is 141 Å². The third-order valence-corrected chi connectivity index (χ3v) is 19.6. The molecular formula is C80H74N2O6. The van der Waals surface area contributed by atoms with Crippen LogP contribution in [-0.2, 0) is 38.5 Å². The Labute approximate surface area is 510 Å².